The van der Waals surface area contributed by atoms with Crippen LogP contribution in [-0.2, 0) is 0 Å². The Bertz CT molecular complexity index is 208. The molecule has 1 atom stereocenters. The van der Waals surface area contributed by atoms with Gasteiger partial charge in [-0.3, -0.25) is 9.35 Å². The van der Waals surface area contributed by atoms with Gasteiger partial charge in [-0.2, -0.15) is 5.12 Å². The van der Waals surface area contributed by atoms with Crippen molar-refractivity contribution in [1.29, 1.82) is 0 Å². The summed E-state index contributed by atoms with van der Waals surface area (Å²) in [6, 6.07) is 0. The maximum absolute atomic E-state index is 2.61. The first-order valence-electron chi connectivity index (χ1n) is 5.34. The van der Waals surface area contributed by atoms with Crippen LogP contribution in [0, 0.1) is 0 Å². The Morgan fingerprint density at radius 3 is 1.79 bits per heavy atom. The topological polar surface area (TPSA) is 9.72 Å². The van der Waals surface area contributed by atoms with Crippen molar-refractivity contribution in [3.05, 3.63) is 0 Å². The summed E-state index contributed by atoms with van der Waals surface area (Å²) in [5.41, 5.74) is 0. The molecule has 0 aromatic rings. The van der Waals surface area contributed by atoms with Gasteiger partial charge in [-0.15, -0.1) is 0 Å². The minimum atomic E-state index is -1.17. The van der Waals surface area contributed by atoms with Crippen LogP contribution < -0.4 is 0 Å². The number of nitrogens with zero attached hydrogens (tertiary/aromatic N) is 3. The Morgan fingerprint density at radius 2 is 1.36 bits per heavy atom. The molecule has 3 nitrogen and oxygen atoms in total. The van der Waals surface area contributed by atoms with Gasteiger partial charge in [0.15, 0.2) is 0 Å². The van der Waals surface area contributed by atoms with E-state index in [1.165, 1.54) is 0 Å². The lowest BCUT2D eigenvalue weighted by atomic mass is 11.2. The van der Waals surface area contributed by atoms with Crippen molar-refractivity contribution in [3.63, 3.8) is 0 Å². The van der Waals surface area contributed by atoms with E-state index < -0.39 is 23.3 Å². The van der Waals surface area contributed by atoms with E-state index in [2.05, 4.69) is 68.3 Å². The van der Waals surface area contributed by atoms with Crippen molar-refractivity contribution in [3.8, 4) is 0 Å². The molecule has 6 heteroatoms. The van der Waals surface area contributed by atoms with Crippen LogP contribution in [0.15, 0.2) is 0 Å². The number of hydrogen-bond donors (Lipinski definition) is 0. The lowest BCUT2D eigenvalue weighted by Crippen LogP contribution is -2.83. The molecule has 0 aliphatic carbocycles. The molecule has 84 valence electrons. The fourth-order valence-electron chi connectivity index (χ4n) is 2.22. The zero-order chi connectivity index (χ0) is 11.3. The first-order valence-corrected chi connectivity index (χ1v) is 15.8. The second-order valence-electron chi connectivity index (χ2n) is 5.54. The largest absolute Gasteiger partial charge is 0.261 e. The summed E-state index contributed by atoms with van der Waals surface area (Å²) in [6.07, 6.45) is 0. The van der Waals surface area contributed by atoms with E-state index in [0.29, 0.717) is 0 Å². The maximum Gasteiger partial charge on any atom is 0.130 e. The number of hydrogen-bond acceptors (Lipinski definition) is 3. The lowest BCUT2D eigenvalue weighted by Gasteiger charge is -2.59. The first kappa shape index (κ1) is 12.6. The average Bonchev–Trinajstić information content (AvgIpc) is 2.10. The Morgan fingerprint density at radius 1 is 0.929 bits per heavy atom. The van der Waals surface area contributed by atoms with Gasteiger partial charge in [-0.25, -0.2) is 0 Å². The lowest BCUT2D eigenvalue weighted by molar-refractivity contribution is -0.0391. The van der Waals surface area contributed by atoms with Crippen molar-refractivity contribution in [2.75, 3.05) is 21.1 Å². The highest BCUT2D eigenvalue weighted by Gasteiger charge is 2.55. The molecule has 1 aliphatic rings. The van der Waals surface area contributed by atoms with Crippen LogP contribution in [0.4, 0.5) is 0 Å². The minimum Gasteiger partial charge on any atom is -0.261 e. The molecule has 0 N–H and O–H groups in total. The second kappa shape index (κ2) is 3.53. The standard InChI is InChI=1S/C8H25N3Si3/c1-9-10(2)12(4)14(7,8)13(5,6)11(9)3/h12H,1-8H3. The molecule has 0 aromatic carbocycles. The van der Waals surface area contributed by atoms with Gasteiger partial charge < -0.3 is 0 Å². The van der Waals surface area contributed by atoms with Gasteiger partial charge in [-0.1, -0.05) is 32.7 Å². The molecule has 1 heterocycles. The average molecular weight is 248 g/mol. The molecule has 0 radical (unpaired) electrons. The molecule has 0 aromatic heterocycles. The molecule has 1 rings (SSSR count). The molecule has 1 saturated heterocycles. The van der Waals surface area contributed by atoms with Gasteiger partial charge in [0.1, 0.15) is 16.2 Å². The molecular formula is C8H25N3Si3. The van der Waals surface area contributed by atoms with Crippen LogP contribution in [0.25, 0.3) is 0 Å². The van der Waals surface area contributed by atoms with E-state index in [1.54, 1.807) is 0 Å². The van der Waals surface area contributed by atoms with Gasteiger partial charge in [-0.05, 0) is 14.1 Å². The quantitative estimate of drug-likeness (QED) is 0.593. The van der Waals surface area contributed by atoms with Crippen molar-refractivity contribution >= 4 is 23.3 Å². The summed E-state index contributed by atoms with van der Waals surface area (Å²) in [4.78, 5) is 0. The third-order valence-electron chi connectivity index (χ3n) is 4.88. The van der Waals surface area contributed by atoms with Gasteiger partial charge >= 0.3 is 0 Å². The highest BCUT2D eigenvalue weighted by molar-refractivity contribution is 7.63. The number of hydrazine groups is 2. The Labute approximate surface area is 92.0 Å². The molecule has 0 amide bonds. The second-order valence-corrected chi connectivity index (χ2v) is 31.0. The van der Waals surface area contributed by atoms with Crippen molar-refractivity contribution in [2.45, 2.75) is 32.7 Å². The van der Waals surface area contributed by atoms with Gasteiger partial charge in [0.05, 0.1) is 7.11 Å². The zero-order valence-electron chi connectivity index (χ0n) is 10.9. The van der Waals surface area contributed by atoms with Gasteiger partial charge in [0.2, 0.25) is 0 Å². The van der Waals surface area contributed by atoms with Crippen LogP contribution in [0.5, 0.6) is 0 Å². The van der Waals surface area contributed by atoms with Gasteiger partial charge in [0, 0.05) is 7.05 Å². The molecule has 0 saturated carbocycles. The smallest absolute Gasteiger partial charge is 0.130 e. The summed E-state index contributed by atoms with van der Waals surface area (Å²) in [6.45, 7) is 12.8. The SMILES string of the molecule is CN1N(C)[SiH](C)[Si](C)(C)[Si](C)(C)N1C. The van der Waals surface area contributed by atoms with E-state index >= 15 is 0 Å². The van der Waals surface area contributed by atoms with Gasteiger partial charge in [0.25, 0.3) is 0 Å². The predicted molar refractivity (Wildman–Crippen MR) is 71.3 cm³/mol. The van der Waals surface area contributed by atoms with E-state index in [0.717, 1.165) is 0 Å². The highest BCUT2D eigenvalue weighted by atomic mass is 29.6. The summed E-state index contributed by atoms with van der Waals surface area (Å²) in [7, 11) is 3.88. The Kier molecular flexibility index (Phi) is 3.18. The molecule has 1 unspecified atom stereocenters. The van der Waals surface area contributed by atoms with E-state index in [-0.39, 0.29) is 0 Å². The summed E-state index contributed by atoms with van der Waals surface area (Å²) < 4.78 is 5.08. The molecule has 14 heavy (non-hydrogen) atoms. The Hall–Kier alpha value is 0.531. The predicted octanol–water partition coefficient (Wildman–Crippen LogP) is 1.05. The summed E-state index contributed by atoms with van der Waals surface area (Å²) >= 11 is 0. The minimum absolute atomic E-state index is 0.701. The monoisotopic (exact) mass is 247 g/mol. The van der Waals surface area contributed by atoms with Crippen molar-refractivity contribution in [2.24, 2.45) is 0 Å². The van der Waals surface area contributed by atoms with Crippen LogP contribution in [0.2, 0.25) is 32.7 Å². The van der Waals surface area contributed by atoms with Crippen LogP contribution in [-0.4, -0.2) is 58.9 Å². The molecule has 0 bridgehead atoms. The van der Waals surface area contributed by atoms with Crippen molar-refractivity contribution in [1.82, 2.24) is 14.5 Å². The normalized spacial score (nSPS) is 34.7. The molecule has 1 aliphatic heterocycles. The molecule has 0 spiro atoms. The van der Waals surface area contributed by atoms with Crippen molar-refractivity contribution < 1.29 is 0 Å². The fourth-order valence-corrected chi connectivity index (χ4v) is 28.5. The molecular weight excluding hydrogens is 222 g/mol. The number of rotatable bonds is 0. The fraction of sp³-hybridized carbons (Fsp3) is 1.00. The van der Waals surface area contributed by atoms with Crippen LogP contribution in [0.1, 0.15) is 0 Å². The Balaban J connectivity index is 3.10. The summed E-state index contributed by atoms with van der Waals surface area (Å²) in [5, 5.41) is 2.36. The first-order chi connectivity index (χ1) is 6.14. The third-order valence-corrected chi connectivity index (χ3v) is 41.4. The van der Waals surface area contributed by atoms with Crippen LogP contribution in [0.3, 0.4) is 0 Å². The van der Waals surface area contributed by atoms with E-state index in [1.807, 2.05) is 0 Å². The highest BCUT2D eigenvalue weighted by Crippen LogP contribution is 2.31. The molecule has 1 fully saturated rings. The zero-order valence-corrected chi connectivity index (χ0v) is 14.1. The van der Waals surface area contributed by atoms with Crippen LogP contribution >= 0.6 is 0 Å². The maximum atomic E-state index is 2.61. The van der Waals surface area contributed by atoms with E-state index in [9.17, 15) is 0 Å². The third kappa shape index (κ3) is 1.48. The summed E-state index contributed by atoms with van der Waals surface area (Å²) in [5.74, 6) is 0. The van der Waals surface area contributed by atoms with E-state index in [4.69, 9.17) is 0 Å².